The highest BCUT2D eigenvalue weighted by Gasteiger charge is 2.22. The number of pyridine rings is 2. The van der Waals surface area contributed by atoms with Crippen LogP contribution in [0.2, 0.25) is 15.1 Å². The molecule has 2 heterocycles. The molecule has 0 saturated carbocycles. The van der Waals surface area contributed by atoms with E-state index < -0.39 is 11.4 Å². The zero-order valence-corrected chi connectivity index (χ0v) is 17.0. The van der Waals surface area contributed by atoms with Crippen molar-refractivity contribution in [3.63, 3.8) is 0 Å². The normalized spacial score (nSPS) is 10.9. The van der Waals surface area contributed by atoms with E-state index in [0.29, 0.717) is 40.0 Å². The van der Waals surface area contributed by atoms with Gasteiger partial charge in [-0.1, -0.05) is 40.9 Å². The lowest BCUT2D eigenvalue weighted by molar-refractivity contribution is 0.0695. The Morgan fingerprint density at radius 3 is 2.43 bits per heavy atom. The van der Waals surface area contributed by atoms with Gasteiger partial charge in [0.2, 0.25) is 0 Å². The van der Waals surface area contributed by atoms with Gasteiger partial charge in [0.15, 0.2) is 5.43 Å². The van der Waals surface area contributed by atoms with Gasteiger partial charge in [-0.2, -0.15) is 0 Å². The van der Waals surface area contributed by atoms with E-state index in [0.717, 1.165) is 0 Å². The van der Waals surface area contributed by atoms with Crippen LogP contribution < -0.4 is 5.43 Å². The molecule has 8 heteroatoms. The van der Waals surface area contributed by atoms with E-state index in [9.17, 15) is 14.7 Å². The van der Waals surface area contributed by atoms with Crippen molar-refractivity contribution in [1.82, 2.24) is 9.55 Å². The molecule has 2 aromatic heterocycles. The van der Waals surface area contributed by atoms with Crippen LogP contribution in [0.5, 0.6) is 0 Å². The van der Waals surface area contributed by atoms with Gasteiger partial charge in [-0.05, 0) is 31.2 Å². The first kappa shape index (κ1) is 20.4. The average Bonchev–Trinajstić information content (AvgIpc) is 2.65. The summed E-state index contributed by atoms with van der Waals surface area (Å²) in [5.41, 5.74) is 1.22. The molecule has 0 bridgehead atoms. The minimum atomic E-state index is -1.30. The molecule has 0 amide bonds. The molecule has 0 spiro atoms. The quantitative estimate of drug-likeness (QED) is 0.597. The maximum atomic E-state index is 12.6. The zero-order valence-electron chi connectivity index (χ0n) is 14.7. The second-order valence-corrected chi connectivity index (χ2v) is 7.30. The first-order chi connectivity index (χ1) is 13.3. The topological polar surface area (TPSA) is 72.2 Å². The number of halogens is 3. The molecule has 3 aromatic rings. The van der Waals surface area contributed by atoms with Crippen LogP contribution >= 0.6 is 34.8 Å². The zero-order chi connectivity index (χ0) is 20.4. The van der Waals surface area contributed by atoms with E-state index in [-0.39, 0.29) is 16.3 Å². The molecule has 0 saturated heterocycles. The molecule has 28 heavy (non-hydrogen) atoms. The van der Waals surface area contributed by atoms with Crippen LogP contribution in [0, 0.1) is 0 Å². The van der Waals surface area contributed by atoms with Gasteiger partial charge in [0, 0.05) is 42.2 Å². The Morgan fingerprint density at radius 1 is 1.11 bits per heavy atom. The lowest BCUT2D eigenvalue weighted by atomic mass is 10.0. The van der Waals surface area contributed by atoms with E-state index in [2.05, 4.69) is 4.98 Å². The summed E-state index contributed by atoms with van der Waals surface area (Å²) in [6.45, 7) is 2.31. The maximum absolute atomic E-state index is 12.6. The Morgan fingerprint density at radius 2 is 1.86 bits per heavy atom. The van der Waals surface area contributed by atoms with Crippen LogP contribution in [0.4, 0.5) is 0 Å². The fourth-order valence-electron chi connectivity index (χ4n) is 3.05. The van der Waals surface area contributed by atoms with Crippen molar-refractivity contribution in [2.45, 2.75) is 19.9 Å². The minimum absolute atomic E-state index is 0.273. The molecule has 0 aliphatic rings. The van der Waals surface area contributed by atoms with Gasteiger partial charge in [0.25, 0.3) is 0 Å². The number of hydrogen-bond acceptors (Lipinski definition) is 3. The smallest absolute Gasteiger partial charge is 0.341 e. The summed E-state index contributed by atoms with van der Waals surface area (Å²) in [6.07, 6.45) is 1.87. The summed E-state index contributed by atoms with van der Waals surface area (Å²) in [5.74, 6) is -1.30. The summed E-state index contributed by atoms with van der Waals surface area (Å²) >= 11 is 18.0. The lowest BCUT2D eigenvalue weighted by Crippen LogP contribution is -2.23. The Labute approximate surface area is 176 Å². The average molecular weight is 438 g/mol. The van der Waals surface area contributed by atoms with Crippen LogP contribution in [-0.4, -0.2) is 20.6 Å². The van der Waals surface area contributed by atoms with E-state index in [4.69, 9.17) is 34.8 Å². The Balaban J connectivity index is 2.26. The number of hydrogen-bond donors (Lipinski definition) is 1. The summed E-state index contributed by atoms with van der Waals surface area (Å²) in [7, 11) is 0. The summed E-state index contributed by atoms with van der Waals surface area (Å²) in [6, 6.07) is 9.58. The molecule has 0 aliphatic heterocycles. The summed E-state index contributed by atoms with van der Waals surface area (Å²) < 4.78 is 1.78. The Hall–Kier alpha value is -2.34. The van der Waals surface area contributed by atoms with E-state index in [1.54, 1.807) is 34.9 Å². The molecule has 3 rings (SSSR count). The fourth-order valence-corrected chi connectivity index (χ4v) is 3.46. The third-order valence-electron chi connectivity index (χ3n) is 4.27. The highest BCUT2D eigenvalue weighted by Crippen LogP contribution is 2.31. The van der Waals surface area contributed by atoms with Gasteiger partial charge in [-0.15, -0.1) is 0 Å². The molecule has 0 aliphatic carbocycles. The van der Waals surface area contributed by atoms with Crippen LogP contribution in [0.1, 0.15) is 28.7 Å². The fraction of sp³-hybridized carbons (Fsp3) is 0.150. The van der Waals surface area contributed by atoms with Crippen LogP contribution in [0.15, 0.2) is 47.4 Å². The standard InChI is InChI=1S/C20H15Cl3N2O3/c1-2-25-14(8-13-5-4-12(21)10-24-13)9-17(26)18(20(27)28)19(25)11-3-6-15(22)16(23)7-11/h3-7,9-10H,2,8H2,1H3,(H,27,28). The lowest BCUT2D eigenvalue weighted by Gasteiger charge is -2.20. The third kappa shape index (κ3) is 4.07. The predicted molar refractivity (Wildman–Crippen MR) is 111 cm³/mol. The highest BCUT2D eigenvalue weighted by atomic mass is 35.5. The van der Waals surface area contributed by atoms with Crippen LogP contribution in [0.3, 0.4) is 0 Å². The van der Waals surface area contributed by atoms with Gasteiger partial charge < -0.3 is 9.67 Å². The molecule has 0 atom stereocenters. The first-order valence-electron chi connectivity index (χ1n) is 8.37. The van der Waals surface area contributed by atoms with Gasteiger partial charge in [0.05, 0.1) is 20.8 Å². The Kier molecular flexibility index (Phi) is 6.08. The third-order valence-corrected chi connectivity index (χ3v) is 5.23. The molecule has 0 unspecified atom stereocenters. The summed E-state index contributed by atoms with van der Waals surface area (Å²) in [5, 5.41) is 10.8. The SMILES string of the molecule is CCn1c(Cc2ccc(Cl)cn2)cc(=O)c(C(=O)O)c1-c1ccc(Cl)c(Cl)c1. The molecule has 5 nitrogen and oxygen atoms in total. The van der Waals surface area contributed by atoms with Crippen molar-refractivity contribution >= 4 is 40.8 Å². The minimum Gasteiger partial charge on any atom is -0.477 e. The number of aromatic carboxylic acids is 1. The van der Waals surface area contributed by atoms with Crippen molar-refractivity contribution in [3.8, 4) is 11.3 Å². The molecular weight excluding hydrogens is 423 g/mol. The van der Waals surface area contributed by atoms with Crippen molar-refractivity contribution < 1.29 is 9.90 Å². The number of benzene rings is 1. The van der Waals surface area contributed by atoms with E-state index in [1.807, 2.05) is 6.92 Å². The van der Waals surface area contributed by atoms with E-state index in [1.165, 1.54) is 12.3 Å². The van der Waals surface area contributed by atoms with Crippen molar-refractivity contribution in [2.24, 2.45) is 0 Å². The van der Waals surface area contributed by atoms with Gasteiger partial charge in [0.1, 0.15) is 5.56 Å². The number of aromatic nitrogens is 2. The van der Waals surface area contributed by atoms with Gasteiger partial charge in [-0.25, -0.2) is 4.79 Å². The molecule has 0 radical (unpaired) electrons. The highest BCUT2D eigenvalue weighted by molar-refractivity contribution is 6.42. The predicted octanol–water partition coefficient (Wildman–Crippen LogP) is 5.18. The molecule has 0 fully saturated rings. The molecule has 1 aromatic carbocycles. The number of carboxylic acid groups (broad SMARTS) is 1. The van der Waals surface area contributed by atoms with Crippen molar-refractivity contribution in [3.05, 3.63) is 84.8 Å². The Bertz CT molecular complexity index is 1110. The van der Waals surface area contributed by atoms with Gasteiger partial charge in [-0.3, -0.25) is 9.78 Å². The monoisotopic (exact) mass is 436 g/mol. The first-order valence-corrected chi connectivity index (χ1v) is 9.51. The second-order valence-electron chi connectivity index (χ2n) is 6.05. The van der Waals surface area contributed by atoms with Crippen LogP contribution in [0.25, 0.3) is 11.3 Å². The van der Waals surface area contributed by atoms with Crippen LogP contribution in [-0.2, 0) is 13.0 Å². The number of rotatable bonds is 5. The van der Waals surface area contributed by atoms with Gasteiger partial charge >= 0.3 is 5.97 Å². The molecular formula is C20H15Cl3N2O3. The van der Waals surface area contributed by atoms with Crippen molar-refractivity contribution in [1.29, 1.82) is 0 Å². The molecule has 144 valence electrons. The summed E-state index contributed by atoms with van der Waals surface area (Å²) in [4.78, 5) is 28.8. The van der Waals surface area contributed by atoms with Crippen molar-refractivity contribution in [2.75, 3.05) is 0 Å². The molecule has 1 N–H and O–H groups in total. The number of carbonyl (C=O) groups is 1. The van der Waals surface area contributed by atoms with E-state index >= 15 is 0 Å². The number of nitrogens with zero attached hydrogens (tertiary/aromatic N) is 2. The second kappa shape index (κ2) is 8.35. The maximum Gasteiger partial charge on any atom is 0.341 e. The largest absolute Gasteiger partial charge is 0.477 e. The number of carboxylic acids is 1.